The van der Waals surface area contributed by atoms with Gasteiger partial charge in [-0.1, -0.05) is 0 Å². The zero-order valence-corrected chi connectivity index (χ0v) is 14.0. The van der Waals surface area contributed by atoms with Gasteiger partial charge in [0.2, 0.25) is 0 Å². The molecule has 2 aromatic rings. The van der Waals surface area contributed by atoms with Crippen molar-refractivity contribution in [3.8, 4) is 11.1 Å². The number of alkyl halides is 6. The molecule has 154 valence electrons. The van der Waals surface area contributed by atoms with E-state index < -0.39 is 80.7 Å². The highest BCUT2D eigenvalue weighted by molar-refractivity contribution is 6.17. The zero-order chi connectivity index (χ0) is 22.2. The fraction of sp³-hybridized carbons (Fsp3) is 0.111. The molecule has 0 N–H and O–H groups in total. The molecule has 0 saturated heterocycles. The number of fused-ring (bicyclic) bond motifs is 5. The van der Waals surface area contributed by atoms with Crippen molar-refractivity contribution in [3.63, 3.8) is 0 Å². The van der Waals surface area contributed by atoms with Crippen molar-refractivity contribution in [1.29, 1.82) is 0 Å². The Morgan fingerprint density at radius 2 is 0.867 bits per heavy atom. The van der Waals surface area contributed by atoms with Gasteiger partial charge in [0.15, 0.2) is 0 Å². The molecule has 2 heterocycles. The van der Waals surface area contributed by atoms with E-state index in [4.69, 9.17) is 0 Å². The first kappa shape index (κ1) is 19.6. The van der Waals surface area contributed by atoms with Crippen LogP contribution in [0.2, 0.25) is 0 Å². The van der Waals surface area contributed by atoms with Crippen molar-refractivity contribution in [3.05, 3.63) is 57.6 Å². The molecule has 4 bridgehead atoms. The van der Waals surface area contributed by atoms with Gasteiger partial charge in [0.1, 0.15) is 0 Å². The monoisotopic (exact) mass is 430 g/mol. The van der Waals surface area contributed by atoms with E-state index in [1.807, 2.05) is 0 Å². The van der Waals surface area contributed by atoms with Crippen molar-refractivity contribution in [2.75, 3.05) is 0 Å². The molecule has 0 aromatic heterocycles. The highest BCUT2D eigenvalue weighted by Crippen LogP contribution is 2.43. The first-order chi connectivity index (χ1) is 13.8. The number of esters is 4. The summed E-state index contributed by atoms with van der Waals surface area (Å²) in [5.41, 5.74) is -9.73. The van der Waals surface area contributed by atoms with Gasteiger partial charge < -0.3 is 9.47 Å². The van der Waals surface area contributed by atoms with Gasteiger partial charge in [-0.05, 0) is 35.4 Å². The summed E-state index contributed by atoms with van der Waals surface area (Å²) in [6.45, 7) is 0. The predicted octanol–water partition coefficient (Wildman–Crippen LogP) is 4.01. The highest BCUT2D eigenvalue weighted by Gasteiger charge is 2.45. The molecule has 2 aliphatic rings. The fourth-order valence-corrected chi connectivity index (χ4v) is 3.21. The molecule has 0 saturated carbocycles. The summed E-state index contributed by atoms with van der Waals surface area (Å²) in [6, 6.07) is 1.94. The highest BCUT2D eigenvalue weighted by atomic mass is 19.4. The molecule has 30 heavy (non-hydrogen) atoms. The average molecular weight is 430 g/mol. The largest absolute Gasteiger partial charge is 0.417 e. The minimum Gasteiger partial charge on any atom is -0.386 e. The van der Waals surface area contributed by atoms with E-state index in [9.17, 15) is 45.5 Å². The Labute approximate surface area is 161 Å². The topological polar surface area (TPSA) is 86.7 Å². The minimum absolute atomic E-state index is 0.317. The standard InChI is InChI=1S/C18H4F6O6/c19-17(20,21)9-3-5-1-7-11(9)15(27)30-16(28)12-8(14(26)29-13(7)25)2-6(5)4-10(12)18(22,23)24/h1-4H. The number of hydrogen-bond acceptors (Lipinski definition) is 6. The second-order valence-corrected chi connectivity index (χ2v) is 6.24. The Morgan fingerprint density at radius 3 is 1.20 bits per heavy atom. The van der Waals surface area contributed by atoms with Crippen molar-refractivity contribution in [2.24, 2.45) is 0 Å². The van der Waals surface area contributed by atoms with Gasteiger partial charge in [0.05, 0.1) is 33.4 Å². The molecule has 2 aromatic carbocycles. The Kier molecular flexibility index (Phi) is 3.86. The first-order valence-electron chi connectivity index (χ1n) is 7.83. The molecule has 0 radical (unpaired) electrons. The lowest BCUT2D eigenvalue weighted by molar-refractivity contribution is -0.138. The lowest BCUT2D eigenvalue weighted by atomic mass is 9.91. The Balaban J connectivity index is 2.27. The third kappa shape index (κ3) is 2.83. The third-order valence-electron chi connectivity index (χ3n) is 4.44. The molecule has 4 rings (SSSR count). The Hall–Kier alpha value is -3.70. The summed E-state index contributed by atoms with van der Waals surface area (Å²) < 4.78 is 90.1. The van der Waals surface area contributed by atoms with E-state index in [2.05, 4.69) is 9.47 Å². The van der Waals surface area contributed by atoms with Crippen LogP contribution in [-0.2, 0) is 21.8 Å². The van der Waals surface area contributed by atoms with Gasteiger partial charge in [-0.15, -0.1) is 0 Å². The number of carbonyl (C=O) groups is 4. The predicted molar refractivity (Wildman–Crippen MR) is 81.4 cm³/mol. The maximum Gasteiger partial charge on any atom is 0.417 e. The Morgan fingerprint density at radius 1 is 0.533 bits per heavy atom. The van der Waals surface area contributed by atoms with Gasteiger partial charge in [-0.3, -0.25) is 0 Å². The van der Waals surface area contributed by atoms with E-state index >= 15 is 0 Å². The van der Waals surface area contributed by atoms with Crippen LogP contribution < -0.4 is 0 Å². The quantitative estimate of drug-likeness (QED) is 0.357. The number of benzene rings is 2. The van der Waals surface area contributed by atoms with Crippen molar-refractivity contribution in [2.45, 2.75) is 12.4 Å². The van der Waals surface area contributed by atoms with E-state index in [0.717, 1.165) is 0 Å². The van der Waals surface area contributed by atoms with E-state index in [1.165, 1.54) is 0 Å². The van der Waals surface area contributed by atoms with Crippen LogP contribution in [0, 0.1) is 0 Å². The van der Waals surface area contributed by atoms with Gasteiger partial charge in [0.25, 0.3) is 0 Å². The van der Waals surface area contributed by atoms with Crippen LogP contribution in [0.1, 0.15) is 52.6 Å². The van der Waals surface area contributed by atoms with Crippen LogP contribution >= 0.6 is 0 Å². The smallest absolute Gasteiger partial charge is 0.386 e. The summed E-state index contributed by atoms with van der Waals surface area (Å²) in [5.74, 6) is -7.50. The molecule has 0 fully saturated rings. The summed E-state index contributed by atoms with van der Waals surface area (Å²) in [4.78, 5) is 49.2. The van der Waals surface area contributed by atoms with E-state index in [-0.39, 0.29) is 0 Å². The maximum atomic E-state index is 13.6. The lowest BCUT2D eigenvalue weighted by Gasteiger charge is -2.17. The first-order valence-corrected chi connectivity index (χ1v) is 7.83. The molecule has 0 amide bonds. The van der Waals surface area contributed by atoms with Crippen molar-refractivity contribution >= 4 is 23.9 Å². The van der Waals surface area contributed by atoms with Crippen LogP contribution in [0.3, 0.4) is 0 Å². The summed E-state index contributed by atoms with van der Waals surface area (Å²) >= 11 is 0. The summed E-state index contributed by atoms with van der Waals surface area (Å²) in [5, 5.41) is 0. The van der Waals surface area contributed by atoms with Crippen molar-refractivity contribution in [1.82, 2.24) is 0 Å². The third-order valence-corrected chi connectivity index (χ3v) is 4.44. The molecule has 0 aliphatic carbocycles. The fourth-order valence-electron chi connectivity index (χ4n) is 3.21. The zero-order valence-electron chi connectivity index (χ0n) is 14.0. The summed E-state index contributed by atoms with van der Waals surface area (Å²) in [6.07, 6.45) is -10.5. The second-order valence-electron chi connectivity index (χ2n) is 6.24. The maximum absolute atomic E-state index is 13.6. The number of rotatable bonds is 0. The van der Waals surface area contributed by atoms with Gasteiger partial charge in [-0.25, -0.2) is 19.2 Å². The normalized spacial score (nSPS) is 15.8. The summed E-state index contributed by atoms with van der Waals surface area (Å²) in [7, 11) is 0. The number of ether oxygens (including phenoxy) is 2. The molecular formula is C18H4F6O6. The van der Waals surface area contributed by atoms with Crippen LogP contribution in [0.15, 0.2) is 24.3 Å². The van der Waals surface area contributed by atoms with Gasteiger partial charge in [-0.2, -0.15) is 26.3 Å². The lowest BCUT2D eigenvalue weighted by Crippen LogP contribution is -2.27. The minimum atomic E-state index is -5.27. The van der Waals surface area contributed by atoms with Crippen molar-refractivity contribution < 1.29 is 55.0 Å². The van der Waals surface area contributed by atoms with Crippen LogP contribution in [0.4, 0.5) is 26.3 Å². The molecular weight excluding hydrogens is 426 g/mol. The average Bonchev–Trinajstić information content (AvgIpc) is 2.65. The van der Waals surface area contributed by atoms with Gasteiger partial charge in [0, 0.05) is 0 Å². The van der Waals surface area contributed by atoms with Crippen LogP contribution in [0.25, 0.3) is 11.1 Å². The molecule has 0 unspecified atom stereocenters. The Bertz CT molecular complexity index is 1100. The second kappa shape index (κ2) is 5.90. The van der Waals surface area contributed by atoms with Crippen LogP contribution in [-0.4, -0.2) is 23.9 Å². The number of cyclic esters (lactones) is 2. The van der Waals surface area contributed by atoms with Crippen LogP contribution in [0.5, 0.6) is 0 Å². The molecule has 2 aliphatic heterocycles. The molecule has 0 spiro atoms. The number of carbonyl (C=O) groups excluding carboxylic acids is 4. The van der Waals surface area contributed by atoms with E-state index in [0.29, 0.717) is 24.3 Å². The SMILES string of the molecule is O=C1OC(=O)c2cc3cc(C(F)(F)F)c2C(=O)OC(=O)c2c1cc-3cc2C(F)(F)F. The van der Waals surface area contributed by atoms with E-state index in [1.54, 1.807) is 0 Å². The number of hydrogen-bond donors (Lipinski definition) is 0. The number of halogens is 6. The molecule has 6 nitrogen and oxygen atoms in total. The van der Waals surface area contributed by atoms with Gasteiger partial charge >= 0.3 is 36.2 Å². The molecule has 12 heteroatoms. The molecule has 0 atom stereocenters.